The average molecular weight is 259 g/mol. The molecule has 102 valence electrons. The maximum atomic E-state index is 10.9. The van der Waals surface area contributed by atoms with E-state index in [1.165, 1.54) is 5.56 Å². The highest BCUT2D eigenvalue weighted by Gasteiger charge is 2.18. The lowest BCUT2D eigenvalue weighted by Crippen LogP contribution is -2.03. The van der Waals surface area contributed by atoms with Crippen LogP contribution in [0.3, 0.4) is 0 Å². The Morgan fingerprint density at radius 3 is 2.58 bits per heavy atom. The van der Waals surface area contributed by atoms with Crippen LogP contribution >= 0.6 is 0 Å². The molecule has 0 aliphatic rings. The molecule has 0 bridgehead atoms. The van der Waals surface area contributed by atoms with E-state index in [-0.39, 0.29) is 12.3 Å². The summed E-state index contributed by atoms with van der Waals surface area (Å²) in [7, 11) is 0. The molecule has 0 amide bonds. The number of rotatable bonds is 4. The van der Waals surface area contributed by atoms with E-state index in [9.17, 15) is 4.79 Å². The summed E-state index contributed by atoms with van der Waals surface area (Å²) >= 11 is 0. The molecule has 19 heavy (non-hydrogen) atoms. The van der Waals surface area contributed by atoms with Gasteiger partial charge in [0.1, 0.15) is 0 Å². The highest BCUT2D eigenvalue weighted by atomic mass is 16.4. The van der Waals surface area contributed by atoms with Crippen molar-refractivity contribution in [2.45, 2.75) is 46.0 Å². The smallest absolute Gasteiger partial charge is 0.303 e. The van der Waals surface area contributed by atoms with Gasteiger partial charge in [0.05, 0.1) is 6.42 Å². The van der Waals surface area contributed by atoms with Crippen LogP contribution in [0.5, 0.6) is 0 Å². The monoisotopic (exact) mass is 259 g/mol. The summed E-state index contributed by atoms with van der Waals surface area (Å²) in [6.07, 6.45) is 0.166. The Bertz CT molecular complexity index is 610. The van der Waals surface area contributed by atoms with Gasteiger partial charge in [0.25, 0.3) is 0 Å². The number of carboxylic acid groups (broad SMARTS) is 1. The largest absolute Gasteiger partial charge is 0.481 e. The van der Waals surface area contributed by atoms with Crippen LogP contribution in [0.2, 0.25) is 0 Å². The number of aryl methyl sites for hydroxylation is 1. The quantitative estimate of drug-likeness (QED) is 0.865. The summed E-state index contributed by atoms with van der Waals surface area (Å²) in [4.78, 5) is 14.3. The normalized spacial score (nSPS) is 13.1. The van der Waals surface area contributed by atoms with Crippen molar-refractivity contribution in [3.05, 3.63) is 35.0 Å². The maximum Gasteiger partial charge on any atom is 0.303 e. The number of aromatic amines is 1. The van der Waals surface area contributed by atoms with Gasteiger partial charge >= 0.3 is 5.97 Å². The Morgan fingerprint density at radius 1 is 1.32 bits per heavy atom. The summed E-state index contributed by atoms with van der Waals surface area (Å²) in [6.45, 7) is 8.33. The summed E-state index contributed by atoms with van der Waals surface area (Å²) in [5.74, 6) is -0.253. The number of aromatic nitrogens is 1. The van der Waals surface area contributed by atoms with Crippen molar-refractivity contribution in [3.8, 4) is 0 Å². The van der Waals surface area contributed by atoms with Crippen LogP contribution in [0.15, 0.2) is 18.2 Å². The van der Waals surface area contributed by atoms with Gasteiger partial charge in [-0.2, -0.15) is 0 Å². The minimum Gasteiger partial charge on any atom is -0.481 e. The minimum atomic E-state index is -0.749. The SMILES string of the molecule is Cc1[nH]c2ccc(C(C)C)cc2c1C(C)CC(=O)O. The van der Waals surface area contributed by atoms with Gasteiger partial charge in [0.15, 0.2) is 0 Å². The number of aliphatic carboxylic acids is 1. The lowest BCUT2D eigenvalue weighted by molar-refractivity contribution is -0.137. The molecule has 2 rings (SSSR count). The summed E-state index contributed by atoms with van der Waals surface area (Å²) < 4.78 is 0. The molecule has 0 radical (unpaired) electrons. The van der Waals surface area contributed by atoms with Crippen LogP contribution in [-0.2, 0) is 4.79 Å². The first-order valence-corrected chi connectivity index (χ1v) is 6.74. The van der Waals surface area contributed by atoms with E-state index in [0.717, 1.165) is 22.2 Å². The van der Waals surface area contributed by atoms with E-state index < -0.39 is 5.97 Å². The highest BCUT2D eigenvalue weighted by Crippen LogP contribution is 2.32. The fourth-order valence-corrected chi connectivity index (χ4v) is 2.72. The van der Waals surface area contributed by atoms with Gasteiger partial charge < -0.3 is 10.1 Å². The number of benzene rings is 1. The average Bonchev–Trinajstić information content (AvgIpc) is 2.62. The van der Waals surface area contributed by atoms with Crippen molar-refractivity contribution in [2.75, 3.05) is 0 Å². The van der Waals surface area contributed by atoms with E-state index in [2.05, 4.69) is 37.0 Å². The summed E-state index contributed by atoms with van der Waals surface area (Å²) in [5, 5.41) is 10.1. The van der Waals surface area contributed by atoms with E-state index in [1.807, 2.05) is 13.8 Å². The molecule has 0 saturated carbocycles. The molecule has 0 saturated heterocycles. The number of hydrogen-bond acceptors (Lipinski definition) is 1. The second-order valence-electron chi connectivity index (χ2n) is 5.62. The lowest BCUT2D eigenvalue weighted by Gasteiger charge is -2.11. The van der Waals surface area contributed by atoms with Crippen LogP contribution in [0.1, 0.15) is 55.8 Å². The number of carboxylic acids is 1. The summed E-state index contributed by atoms with van der Waals surface area (Å²) in [5.41, 5.74) is 4.59. The predicted octanol–water partition coefficient (Wildman–Crippen LogP) is 4.18. The van der Waals surface area contributed by atoms with Gasteiger partial charge in [-0.05, 0) is 42.0 Å². The molecule has 1 atom stereocenters. The zero-order valence-electron chi connectivity index (χ0n) is 11.9. The van der Waals surface area contributed by atoms with Gasteiger partial charge in [-0.15, -0.1) is 0 Å². The topological polar surface area (TPSA) is 53.1 Å². The Hall–Kier alpha value is -1.77. The number of fused-ring (bicyclic) bond motifs is 1. The Labute approximate surface area is 113 Å². The second-order valence-corrected chi connectivity index (χ2v) is 5.62. The molecule has 1 unspecified atom stereocenters. The minimum absolute atomic E-state index is 0.0219. The van der Waals surface area contributed by atoms with Gasteiger partial charge in [-0.1, -0.05) is 26.8 Å². The Morgan fingerprint density at radius 2 is 2.00 bits per heavy atom. The predicted molar refractivity (Wildman–Crippen MR) is 77.8 cm³/mol. The molecule has 3 heteroatoms. The van der Waals surface area contributed by atoms with Gasteiger partial charge in [0, 0.05) is 16.6 Å². The fourth-order valence-electron chi connectivity index (χ4n) is 2.72. The van der Waals surface area contributed by atoms with Crippen LogP contribution < -0.4 is 0 Å². The first kappa shape index (κ1) is 13.7. The third-order valence-corrected chi connectivity index (χ3v) is 3.70. The van der Waals surface area contributed by atoms with Gasteiger partial charge in [-0.3, -0.25) is 4.79 Å². The van der Waals surface area contributed by atoms with Crippen molar-refractivity contribution < 1.29 is 9.90 Å². The van der Waals surface area contributed by atoms with Crippen molar-refractivity contribution in [1.29, 1.82) is 0 Å². The number of H-pyrrole nitrogens is 1. The zero-order chi connectivity index (χ0) is 14.2. The molecule has 1 aromatic heterocycles. The number of hydrogen-bond donors (Lipinski definition) is 2. The molecule has 2 aromatic rings. The van der Waals surface area contributed by atoms with Gasteiger partial charge in [0.2, 0.25) is 0 Å². The van der Waals surface area contributed by atoms with Crippen molar-refractivity contribution in [2.24, 2.45) is 0 Å². The molecule has 1 heterocycles. The molecule has 0 spiro atoms. The van der Waals surface area contributed by atoms with Crippen molar-refractivity contribution >= 4 is 16.9 Å². The molecule has 3 nitrogen and oxygen atoms in total. The molecule has 1 aromatic carbocycles. The lowest BCUT2D eigenvalue weighted by atomic mass is 9.93. The highest BCUT2D eigenvalue weighted by molar-refractivity contribution is 5.86. The molecule has 2 N–H and O–H groups in total. The number of carbonyl (C=O) groups is 1. The van der Waals surface area contributed by atoms with E-state index in [0.29, 0.717) is 5.92 Å². The van der Waals surface area contributed by atoms with Gasteiger partial charge in [-0.25, -0.2) is 0 Å². The first-order valence-electron chi connectivity index (χ1n) is 6.74. The third-order valence-electron chi connectivity index (χ3n) is 3.70. The molecular formula is C16H21NO2. The standard InChI is InChI=1S/C16H21NO2/c1-9(2)12-5-6-14-13(8-12)16(11(4)17-14)10(3)7-15(18)19/h5-6,8-10,17H,7H2,1-4H3,(H,18,19). The van der Waals surface area contributed by atoms with Crippen molar-refractivity contribution in [3.63, 3.8) is 0 Å². The Balaban J connectivity index is 2.55. The van der Waals surface area contributed by atoms with E-state index in [4.69, 9.17) is 5.11 Å². The summed E-state index contributed by atoms with van der Waals surface area (Å²) in [6, 6.07) is 6.42. The molecule has 0 aliphatic heterocycles. The maximum absolute atomic E-state index is 10.9. The van der Waals surface area contributed by atoms with Crippen LogP contribution in [-0.4, -0.2) is 16.1 Å². The fraction of sp³-hybridized carbons (Fsp3) is 0.438. The van der Waals surface area contributed by atoms with E-state index in [1.54, 1.807) is 0 Å². The zero-order valence-corrected chi connectivity index (χ0v) is 11.9. The Kier molecular flexibility index (Phi) is 3.65. The van der Waals surface area contributed by atoms with Crippen LogP contribution in [0.4, 0.5) is 0 Å². The van der Waals surface area contributed by atoms with Crippen LogP contribution in [0.25, 0.3) is 10.9 Å². The molecular weight excluding hydrogens is 238 g/mol. The first-order chi connectivity index (χ1) is 8.90. The van der Waals surface area contributed by atoms with Crippen molar-refractivity contribution in [1.82, 2.24) is 4.98 Å². The third kappa shape index (κ3) is 2.65. The number of nitrogens with one attached hydrogen (secondary N) is 1. The molecule has 0 fully saturated rings. The van der Waals surface area contributed by atoms with E-state index >= 15 is 0 Å². The van der Waals surface area contributed by atoms with Crippen LogP contribution in [0, 0.1) is 6.92 Å². The second kappa shape index (κ2) is 5.08. The molecule has 0 aliphatic carbocycles.